The fourth-order valence-electron chi connectivity index (χ4n) is 6.45. The fourth-order valence-corrected chi connectivity index (χ4v) is 7.19. The Balaban J connectivity index is 3.99. The Labute approximate surface area is 309 Å². The first-order chi connectivity index (χ1) is 24.2. The standard InChI is InChI=1S/C42H81NO6S/c1-3-5-7-9-11-13-15-17-18-19-20-21-22-23-24-25-27-28-30-32-34-36-40(44)39(38-50(47,48)49)43-42(46)41(45)37-35-33-31-29-26-16-14-12-10-8-6-4-2/h26,29,34,36,39-41,44-45H,3-25,27-28,30-33,35,37-38H2,1-2H3,(H,43,46)(H,47,48,49)/b29-26-,36-34+. The van der Waals surface area contributed by atoms with Crippen LogP contribution in [0.2, 0.25) is 0 Å². The molecule has 0 saturated carbocycles. The molecule has 7 nitrogen and oxygen atoms in total. The normalized spacial score (nSPS) is 14.1. The summed E-state index contributed by atoms with van der Waals surface area (Å²) >= 11 is 0. The zero-order valence-corrected chi connectivity index (χ0v) is 33.5. The highest BCUT2D eigenvalue weighted by molar-refractivity contribution is 7.85. The lowest BCUT2D eigenvalue weighted by Crippen LogP contribution is -2.50. The second-order valence-corrected chi connectivity index (χ2v) is 16.3. The van der Waals surface area contributed by atoms with Gasteiger partial charge in [-0.15, -0.1) is 0 Å². The van der Waals surface area contributed by atoms with Crippen molar-refractivity contribution in [2.45, 2.75) is 231 Å². The predicted molar refractivity (Wildman–Crippen MR) is 213 cm³/mol. The topological polar surface area (TPSA) is 124 Å². The number of allylic oxidation sites excluding steroid dienone is 3. The van der Waals surface area contributed by atoms with Crippen LogP contribution < -0.4 is 5.32 Å². The Morgan fingerprint density at radius 1 is 0.540 bits per heavy atom. The number of aliphatic hydroxyl groups is 2. The molecule has 0 aromatic rings. The van der Waals surface area contributed by atoms with E-state index in [1.54, 1.807) is 6.08 Å². The van der Waals surface area contributed by atoms with Crippen LogP contribution >= 0.6 is 0 Å². The molecule has 0 saturated heterocycles. The minimum atomic E-state index is -4.44. The average Bonchev–Trinajstić information content (AvgIpc) is 3.08. The summed E-state index contributed by atoms with van der Waals surface area (Å²) in [6.45, 7) is 4.50. The van der Waals surface area contributed by atoms with E-state index in [-0.39, 0.29) is 6.42 Å². The summed E-state index contributed by atoms with van der Waals surface area (Å²) < 4.78 is 32.5. The number of hydrogen-bond acceptors (Lipinski definition) is 5. The summed E-state index contributed by atoms with van der Waals surface area (Å²) in [4.78, 5) is 12.6. The van der Waals surface area contributed by atoms with Crippen molar-refractivity contribution in [3.05, 3.63) is 24.3 Å². The Morgan fingerprint density at radius 3 is 1.26 bits per heavy atom. The first kappa shape index (κ1) is 48.8. The van der Waals surface area contributed by atoms with Crippen molar-refractivity contribution in [3.8, 4) is 0 Å². The molecular weight excluding hydrogens is 647 g/mol. The third kappa shape index (κ3) is 35.2. The molecule has 0 heterocycles. The molecule has 0 aliphatic carbocycles. The molecule has 0 radical (unpaired) electrons. The predicted octanol–water partition coefficient (Wildman–Crippen LogP) is 11.3. The number of carbonyl (C=O) groups is 1. The molecule has 0 bridgehead atoms. The summed E-state index contributed by atoms with van der Waals surface area (Å²) in [5.41, 5.74) is 0. The van der Waals surface area contributed by atoms with Gasteiger partial charge in [-0.3, -0.25) is 9.35 Å². The third-order valence-electron chi connectivity index (χ3n) is 9.73. The van der Waals surface area contributed by atoms with Crippen LogP contribution in [0.3, 0.4) is 0 Å². The number of hydrogen-bond donors (Lipinski definition) is 4. The lowest BCUT2D eigenvalue weighted by atomic mass is 10.0. The zero-order chi connectivity index (χ0) is 37.0. The molecule has 4 N–H and O–H groups in total. The van der Waals surface area contributed by atoms with E-state index >= 15 is 0 Å². The van der Waals surface area contributed by atoms with Crippen LogP contribution in [0, 0.1) is 0 Å². The first-order valence-electron chi connectivity index (χ1n) is 21.1. The van der Waals surface area contributed by atoms with Crippen LogP contribution in [0.5, 0.6) is 0 Å². The molecule has 296 valence electrons. The summed E-state index contributed by atoms with van der Waals surface area (Å²) in [5, 5.41) is 23.3. The van der Waals surface area contributed by atoms with Gasteiger partial charge in [-0.2, -0.15) is 8.42 Å². The molecule has 50 heavy (non-hydrogen) atoms. The molecule has 0 aliphatic rings. The molecule has 0 aromatic carbocycles. The molecule has 3 atom stereocenters. The molecule has 0 aliphatic heterocycles. The summed E-state index contributed by atoms with van der Waals surface area (Å²) in [5.74, 6) is -1.55. The smallest absolute Gasteiger partial charge is 0.267 e. The summed E-state index contributed by atoms with van der Waals surface area (Å²) in [6, 6.07) is -1.24. The van der Waals surface area contributed by atoms with Gasteiger partial charge in [0, 0.05) is 0 Å². The Hall–Kier alpha value is -1.22. The quantitative estimate of drug-likeness (QED) is 0.0285. The molecule has 3 unspecified atom stereocenters. The summed E-state index contributed by atoms with van der Waals surface area (Å²) in [7, 11) is -4.44. The molecule has 0 aromatic heterocycles. The number of rotatable bonds is 38. The van der Waals surface area contributed by atoms with E-state index in [0.29, 0.717) is 6.42 Å². The van der Waals surface area contributed by atoms with Gasteiger partial charge >= 0.3 is 0 Å². The maximum Gasteiger partial charge on any atom is 0.267 e. The van der Waals surface area contributed by atoms with Gasteiger partial charge in [-0.1, -0.05) is 192 Å². The van der Waals surface area contributed by atoms with E-state index in [9.17, 15) is 28.0 Å². The van der Waals surface area contributed by atoms with Crippen molar-refractivity contribution in [1.82, 2.24) is 5.32 Å². The van der Waals surface area contributed by atoms with Crippen molar-refractivity contribution < 1.29 is 28.0 Å². The van der Waals surface area contributed by atoms with Crippen LogP contribution in [0.25, 0.3) is 0 Å². The van der Waals surface area contributed by atoms with Crippen molar-refractivity contribution in [1.29, 1.82) is 0 Å². The Morgan fingerprint density at radius 2 is 0.880 bits per heavy atom. The van der Waals surface area contributed by atoms with Gasteiger partial charge < -0.3 is 15.5 Å². The minimum absolute atomic E-state index is 0.251. The highest BCUT2D eigenvalue weighted by atomic mass is 32.2. The van der Waals surface area contributed by atoms with Gasteiger partial charge in [0.25, 0.3) is 10.1 Å². The number of unbranched alkanes of at least 4 members (excludes halogenated alkanes) is 27. The summed E-state index contributed by atoms with van der Waals surface area (Å²) in [6.07, 6.45) is 42.4. The third-order valence-corrected chi connectivity index (χ3v) is 10.5. The van der Waals surface area contributed by atoms with Crippen LogP contribution in [-0.4, -0.2) is 53.1 Å². The van der Waals surface area contributed by atoms with Gasteiger partial charge in [0.2, 0.25) is 5.91 Å². The Kier molecular flexibility index (Phi) is 35.3. The van der Waals surface area contributed by atoms with Crippen LogP contribution in [-0.2, 0) is 14.9 Å². The van der Waals surface area contributed by atoms with Crippen molar-refractivity contribution in [2.24, 2.45) is 0 Å². The van der Waals surface area contributed by atoms with Gasteiger partial charge in [0.1, 0.15) is 6.10 Å². The largest absolute Gasteiger partial charge is 0.387 e. The second-order valence-electron chi connectivity index (χ2n) is 14.8. The Bertz CT molecular complexity index is 906. The highest BCUT2D eigenvalue weighted by Crippen LogP contribution is 2.15. The second kappa shape index (κ2) is 36.2. The molecule has 0 fully saturated rings. The van der Waals surface area contributed by atoms with Gasteiger partial charge in [0.05, 0.1) is 17.9 Å². The number of aliphatic hydroxyl groups excluding tert-OH is 2. The maximum atomic E-state index is 12.6. The van der Waals surface area contributed by atoms with Crippen LogP contribution in [0.1, 0.15) is 213 Å². The maximum absolute atomic E-state index is 12.6. The van der Waals surface area contributed by atoms with Gasteiger partial charge in [0.15, 0.2) is 0 Å². The van der Waals surface area contributed by atoms with Crippen LogP contribution in [0.4, 0.5) is 0 Å². The molecule has 8 heteroatoms. The van der Waals surface area contributed by atoms with Crippen LogP contribution in [0.15, 0.2) is 24.3 Å². The van der Waals surface area contributed by atoms with Gasteiger partial charge in [-0.25, -0.2) is 0 Å². The van der Waals surface area contributed by atoms with Crippen molar-refractivity contribution >= 4 is 16.0 Å². The number of carbonyl (C=O) groups excluding carboxylic acids is 1. The molecule has 0 rings (SSSR count). The van der Waals surface area contributed by atoms with Gasteiger partial charge in [-0.05, 0) is 44.9 Å². The number of nitrogens with one attached hydrogen (secondary N) is 1. The molecule has 1 amide bonds. The molecular formula is C42H81NO6S. The van der Waals surface area contributed by atoms with E-state index in [0.717, 1.165) is 38.5 Å². The van der Waals surface area contributed by atoms with E-state index in [1.165, 1.54) is 154 Å². The van der Waals surface area contributed by atoms with E-state index < -0.39 is 40.0 Å². The number of amides is 1. The van der Waals surface area contributed by atoms with Crippen molar-refractivity contribution in [2.75, 3.05) is 5.75 Å². The monoisotopic (exact) mass is 728 g/mol. The fraction of sp³-hybridized carbons (Fsp3) is 0.881. The SMILES string of the molecule is CCCCCCCC/C=C\CCCCC(O)C(=O)NC(CS(=O)(=O)O)C(O)/C=C/CCCCCCCCCCCCCCCCCCCCC. The van der Waals surface area contributed by atoms with E-state index in [4.69, 9.17) is 0 Å². The van der Waals surface area contributed by atoms with E-state index in [2.05, 4.69) is 31.3 Å². The van der Waals surface area contributed by atoms with E-state index in [1.807, 2.05) is 0 Å². The minimum Gasteiger partial charge on any atom is -0.387 e. The molecule has 0 spiro atoms. The first-order valence-corrected chi connectivity index (χ1v) is 22.8. The van der Waals surface area contributed by atoms with Crippen molar-refractivity contribution in [3.63, 3.8) is 0 Å². The highest BCUT2D eigenvalue weighted by Gasteiger charge is 2.27. The zero-order valence-electron chi connectivity index (χ0n) is 32.6. The lowest BCUT2D eigenvalue weighted by molar-refractivity contribution is -0.130. The average molecular weight is 728 g/mol. The lowest BCUT2D eigenvalue weighted by Gasteiger charge is -2.22.